The summed E-state index contributed by atoms with van der Waals surface area (Å²) in [6.45, 7) is 5.35. The summed E-state index contributed by atoms with van der Waals surface area (Å²) in [6, 6.07) is 5.55. The van der Waals surface area contributed by atoms with E-state index in [0.717, 1.165) is 5.56 Å². The summed E-state index contributed by atoms with van der Waals surface area (Å²) in [7, 11) is 4.40. The number of hydrogen-bond donors (Lipinski definition) is 2. The number of carbonyl (C=O) groups excluding carboxylic acids is 2. The minimum atomic E-state index is -1.21. The molecule has 172 valence electrons. The molecule has 0 bridgehead atoms. The topological polar surface area (TPSA) is 111 Å². The second-order valence-electron chi connectivity index (χ2n) is 9.20. The number of ether oxygens (including phenoxy) is 3. The van der Waals surface area contributed by atoms with Gasteiger partial charge in [-0.3, -0.25) is 14.4 Å². The number of hydrogen-bond acceptors (Lipinski definition) is 6. The number of rotatable bonds is 8. The molecule has 8 nitrogen and oxygen atoms in total. The standard InChI is InChI=1S/C23H33NO7/c1-21(12-22(2,19(26)27)14-23(3,13-21)20(28)31-6)18(25)24-10-9-15-7-8-16(29-4)17(11-15)30-5/h7-8,11H,9-10,12-14H2,1-6H3,(H,24,25)(H,26,27)/t21-,22+,23+/m1/s1. The Hall–Kier alpha value is -2.77. The zero-order chi connectivity index (χ0) is 23.4. The maximum atomic E-state index is 13.1. The summed E-state index contributed by atoms with van der Waals surface area (Å²) < 4.78 is 15.5. The van der Waals surface area contributed by atoms with Gasteiger partial charge in [0.15, 0.2) is 11.5 Å². The average molecular weight is 436 g/mol. The Morgan fingerprint density at radius 2 is 1.52 bits per heavy atom. The first kappa shape index (κ1) is 24.5. The molecule has 1 fully saturated rings. The van der Waals surface area contributed by atoms with Crippen molar-refractivity contribution in [2.24, 2.45) is 16.2 Å². The van der Waals surface area contributed by atoms with Crippen molar-refractivity contribution in [2.45, 2.75) is 46.5 Å². The van der Waals surface area contributed by atoms with E-state index in [0.29, 0.717) is 24.5 Å². The Balaban J connectivity index is 2.15. The van der Waals surface area contributed by atoms with Crippen molar-refractivity contribution in [3.63, 3.8) is 0 Å². The highest BCUT2D eigenvalue weighted by atomic mass is 16.5. The molecule has 1 saturated carbocycles. The van der Waals surface area contributed by atoms with Crippen molar-refractivity contribution in [3.8, 4) is 11.5 Å². The Bertz CT molecular complexity index is 854. The van der Waals surface area contributed by atoms with Gasteiger partial charge < -0.3 is 24.6 Å². The highest BCUT2D eigenvalue weighted by Gasteiger charge is 2.58. The van der Waals surface area contributed by atoms with Gasteiger partial charge in [0.2, 0.25) is 5.91 Å². The number of esters is 1. The van der Waals surface area contributed by atoms with Crippen LogP contribution in [-0.4, -0.2) is 50.8 Å². The molecule has 31 heavy (non-hydrogen) atoms. The largest absolute Gasteiger partial charge is 0.493 e. The van der Waals surface area contributed by atoms with Gasteiger partial charge in [0.25, 0.3) is 0 Å². The molecule has 1 amide bonds. The van der Waals surface area contributed by atoms with Crippen LogP contribution in [0.25, 0.3) is 0 Å². The highest BCUT2D eigenvalue weighted by molar-refractivity contribution is 5.87. The molecule has 2 N–H and O–H groups in total. The van der Waals surface area contributed by atoms with E-state index in [2.05, 4.69) is 5.32 Å². The van der Waals surface area contributed by atoms with E-state index in [-0.39, 0.29) is 25.2 Å². The summed E-state index contributed by atoms with van der Waals surface area (Å²) in [6.07, 6.45) is 1.05. The minimum absolute atomic E-state index is 0.122. The number of carboxylic acid groups (broad SMARTS) is 1. The van der Waals surface area contributed by atoms with Crippen LogP contribution in [0.4, 0.5) is 0 Å². The second kappa shape index (κ2) is 9.16. The number of carbonyl (C=O) groups is 3. The van der Waals surface area contributed by atoms with Crippen LogP contribution in [0, 0.1) is 16.2 Å². The molecule has 1 aromatic carbocycles. The Labute approximate surface area is 183 Å². The van der Waals surface area contributed by atoms with Crippen molar-refractivity contribution in [1.82, 2.24) is 5.32 Å². The van der Waals surface area contributed by atoms with Crippen molar-refractivity contribution >= 4 is 17.8 Å². The molecule has 0 heterocycles. The summed E-state index contributed by atoms with van der Waals surface area (Å²) in [4.78, 5) is 37.6. The minimum Gasteiger partial charge on any atom is -0.493 e. The van der Waals surface area contributed by atoms with E-state index in [9.17, 15) is 19.5 Å². The summed E-state index contributed by atoms with van der Waals surface area (Å²) >= 11 is 0. The molecule has 1 aromatic rings. The smallest absolute Gasteiger partial charge is 0.311 e. The van der Waals surface area contributed by atoms with Crippen molar-refractivity contribution in [1.29, 1.82) is 0 Å². The van der Waals surface area contributed by atoms with E-state index in [1.165, 1.54) is 7.11 Å². The first-order chi connectivity index (χ1) is 14.4. The molecule has 0 spiro atoms. The van der Waals surface area contributed by atoms with Gasteiger partial charge in [0, 0.05) is 12.0 Å². The molecule has 0 saturated heterocycles. The van der Waals surface area contributed by atoms with E-state index in [1.807, 2.05) is 12.1 Å². The maximum absolute atomic E-state index is 13.1. The van der Waals surface area contributed by atoms with Crippen LogP contribution < -0.4 is 14.8 Å². The average Bonchev–Trinajstić information content (AvgIpc) is 2.71. The van der Waals surface area contributed by atoms with E-state index in [1.54, 1.807) is 41.1 Å². The van der Waals surface area contributed by atoms with Gasteiger partial charge in [-0.25, -0.2) is 0 Å². The predicted octanol–water partition coefficient (Wildman–Crippen LogP) is 2.82. The fourth-order valence-corrected chi connectivity index (χ4v) is 5.04. The molecule has 0 aliphatic heterocycles. The Morgan fingerprint density at radius 1 is 0.935 bits per heavy atom. The Kier molecular flexibility index (Phi) is 7.24. The molecule has 1 aliphatic rings. The first-order valence-corrected chi connectivity index (χ1v) is 10.2. The van der Waals surface area contributed by atoms with Gasteiger partial charge >= 0.3 is 11.9 Å². The van der Waals surface area contributed by atoms with Gasteiger partial charge in [-0.05, 0) is 57.2 Å². The molecule has 3 atom stereocenters. The van der Waals surface area contributed by atoms with Crippen LogP contribution in [0.15, 0.2) is 18.2 Å². The molecule has 8 heteroatoms. The number of benzene rings is 1. The van der Waals surface area contributed by atoms with Gasteiger partial charge in [-0.1, -0.05) is 13.0 Å². The van der Waals surface area contributed by atoms with Crippen LogP contribution >= 0.6 is 0 Å². The molecule has 1 aliphatic carbocycles. The summed E-state index contributed by atoms with van der Waals surface area (Å²) in [5.74, 6) is -0.553. The third-order valence-corrected chi connectivity index (χ3v) is 6.23. The fourth-order valence-electron chi connectivity index (χ4n) is 5.04. The molecular weight excluding hydrogens is 402 g/mol. The van der Waals surface area contributed by atoms with Gasteiger partial charge in [-0.2, -0.15) is 0 Å². The van der Waals surface area contributed by atoms with Crippen LogP contribution in [0.1, 0.15) is 45.6 Å². The highest BCUT2D eigenvalue weighted by Crippen LogP contribution is 2.55. The fraction of sp³-hybridized carbons (Fsp3) is 0.609. The molecular formula is C23H33NO7. The lowest BCUT2D eigenvalue weighted by atomic mass is 9.54. The normalized spacial score (nSPS) is 27.8. The third kappa shape index (κ3) is 5.11. The van der Waals surface area contributed by atoms with Crippen LogP contribution in [0.5, 0.6) is 11.5 Å². The van der Waals surface area contributed by atoms with E-state index in [4.69, 9.17) is 14.2 Å². The number of aliphatic carboxylic acids is 1. The lowest BCUT2D eigenvalue weighted by molar-refractivity contribution is -0.171. The number of amides is 1. The van der Waals surface area contributed by atoms with Gasteiger partial charge in [0.1, 0.15) is 0 Å². The van der Waals surface area contributed by atoms with Gasteiger partial charge in [0.05, 0.1) is 32.2 Å². The van der Waals surface area contributed by atoms with E-state index >= 15 is 0 Å². The number of nitrogens with one attached hydrogen (secondary N) is 1. The molecule has 0 radical (unpaired) electrons. The molecule has 0 unspecified atom stereocenters. The number of methoxy groups -OCH3 is 3. The quantitative estimate of drug-likeness (QED) is 0.604. The van der Waals surface area contributed by atoms with Crippen LogP contribution in [-0.2, 0) is 25.5 Å². The lowest BCUT2D eigenvalue weighted by Gasteiger charge is -2.48. The number of carboxylic acids is 1. The zero-order valence-electron chi connectivity index (χ0n) is 19.2. The van der Waals surface area contributed by atoms with E-state index < -0.39 is 28.2 Å². The maximum Gasteiger partial charge on any atom is 0.311 e. The Morgan fingerprint density at radius 3 is 2.06 bits per heavy atom. The van der Waals surface area contributed by atoms with Crippen molar-refractivity contribution in [2.75, 3.05) is 27.9 Å². The molecule has 0 aromatic heterocycles. The monoisotopic (exact) mass is 435 g/mol. The SMILES string of the molecule is COC(=O)[C@]1(C)C[C@@](C)(C(=O)O)C[C@@](C)(C(=O)NCCc2ccc(OC)c(OC)c2)C1. The zero-order valence-corrected chi connectivity index (χ0v) is 19.2. The summed E-state index contributed by atoms with van der Waals surface area (Å²) in [5, 5.41) is 12.7. The van der Waals surface area contributed by atoms with Gasteiger partial charge in [-0.15, -0.1) is 0 Å². The predicted molar refractivity (Wildman–Crippen MR) is 114 cm³/mol. The lowest BCUT2D eigenvalue weighted by Crippen LogP contribution is -2.54. The first-order valence-electron chi connectivity index (χ1n) is 10.2. The third-order valence-electron chi connectivity index (χ3n) is 6.23. The summed E-state index contributed by atoms with van der Waals surface area (Å²) in [5.41, 5.74) is -2.33. The van der Waals surface area contributed by atoms with Crippen molar-refractivity contribution in [3.05, 3.63) is 23.8 Å². The second-order valence-corrected chi connectivity index (χ2v) is 9.20. The molecule has 2 rings (SSSR count). The van der Waals surface area contributed by atoms with Crippen LogP contribution in [0.3, 0.4) is 0 Å². The van der Waals surface area contributed by atoms with Crippen LogP contribution in [0.2, 0.25) is 0 Å². The van der Waals surface area contributed by atoms with Crippen molar-refractivity contribution < 1.29 is 33.7 Å².